The molecule has 0 radical (unpaired) electrons. The number of hydrogen-bond acceptors (Lipinski definition) is 4. The van der Waals surface area contributed by atoms with E-state index in [4.69, 9.17) is 0 Å². The van der Waals surface area contributed by atoms with Gasteiger partial charge in [-0.25, -0.2) is 4.98 Å². The number of nitrogens with zero attached hydrogens (tertiary/aromatic N) is 2. The van der Waals surface area contributed by atoms with Crippen molar-refractivity contribution in [2.45, 2.75) is 37.5 Å². The molecule has 1 aliphatic carbocycles. The van der Waals surface area contributed by atoms with Crippen molar-refractivity contribution in [3.63, 3.8) is 0 Å². The van der Waals surface area contributed by atoms with Crippen molar-refractivity contribution in [2.24, 2.45) is 0 Å². The minimum atomic E-state index is -0.677. The quantitative estimate of drug-likeness (QED) is 0.909. The molecule has 1 saturated heterocycles. The summed E-state index contributed by atoms with van der Waals surface area (Å²) in [6.45, 7) is 4.12. The van der Waals surface area contributed by atoms with Crippen LogP contribution >= 0.6 is 11.3 Å². The van der Waals surface area contributed by atoms with Crippen LogP contribution in [0, 0.1) is 6.92 Å². The smallest absolute Gasteiger partial charge is 0.315 e. The average Bonchev–Trinajstić information content (AvgIpc) is 2.87. The first kappa shape index (κ1) is 12.1. The SMILES string of the molecule is Cc1nc(C2CCN(C)C2)sc1C1(C(=O)O)CC1. The molecule has 1 N–H and O–H groups in total. The Balaban J connectivity index is 1.90. The molecule has 3 rings (SSSR count). The minimum Gasteiger partial charge on any atom is -0.481 e. The summed E-state index contributed by atoms with van der Waals surface area (Å²) in [6.07, 6.45) is 2.69. The Hall–Kier alpha value is -0.940. The van der Waals surface area contributed by atoms with Crippen LogP contribution in [-0.2, 0) is 10.2 Å². The zero-order valence-electron chi connectivity index (χ0n) is 10.8. The van der Waals surface area contributed by atoms with Crippen LogP contribution in [0.4, 0.5) is 0 Å². The lowest BCUT2D eigenvalue weighted by Gasteiger charge is -2.08. The van der Waals surface area contributed by atoms with Gasteiger partial charge in [0.25, 0.3) is 0 Å². The third kappa shape index (κ3) is 1.77. The van der Waals surface area contributed by atoms with Gasteiger partial charge in [-0.05, 0) is 39.8 Å². The van der Waals surface area contributed by atoms with Gasteiger partial charge >= 0.3 is 5.97 Å². The van der Waals surface area contributed by atoms with E-state index in [0.29, 0.717) is 5.92 Å². The van der Waals surface area contributed by atoms with Gasteiger partial charge < -0.3 is 10.0 Å². The molecule has 1 aromatic heterocycles. The maximum absolute atomic E-state index is 11.4. The number of thiazole rings is 1. The summed E-state index contributed by atoms with van der Waals surface area (Å²) in [5, 5.41) is 10.5. The molecule has 1 aliphatic heterocycles. The number of aliphatic carboxylic acids is 1. The molecule has 5 heteroatoms. The van der Waals surface area contributed by atoms with E-state index in [-0.39, 0.29) is 0 Å². The Morgan fingerprint density at radius 3 is 2.78 bits per heavy atom. The van der Waals surface area contributed by atoms with Crippen LogP contribution in [0.1, 0.15) is 40.8 Å². The summed E-state index contributed by atoms with van der Waals surface area (Å²) in [5.41, 5.74) is 0.342. The Morgan fingerprint density at radius 1 is 1.56 bits per heavy atom. The molecule has 0 spiro atoms. The number of likely N-dealkylation sites (tertiary alicyclic amines) is 1. The van der Waals surface area contributed by atoms with Crippen LogP contribution in [0.25, 0.3) is 0 Å². The molecule has 2 fully saturated rings. The van der Waals surface area contributed by atoms with E-state index in [1.165, 1.54) is 0 Å². The first-order chi connectivity index (χ1) is 8.53. The number of carboxylic acid groups (broad SMARTS) is 1. The molecule has 1 atom stereocenters. The lowest BCUT2D eigenvalue weighted by Crippen LogP contribution is -2.19. The van der Waals surface area contributed by atoms with Gasteiger partial charge in [0.05, 0.1) is 10.7 Å². The molecule has 18 heavy (non-hydrogen) atoms. The average molecular weight is 266 g/mol. The highest BCUT2D eigenvalue weighted by molar-refractivity contribution is 7.12. The summed E-state index contributed by atoms with van der Waals surface area (Å²) < 4.78 is 0. The summed E-state index contributed by atoms with van der Waals surface area (Å²) >= 11 is 1.64. The van der Waals surface area contributed by atoms with Crippen molar-refractivity contribution < 1.29 is 9.90 Å². The maximum Gasteiger partial charge on any atom is 0.315 e. The third-order valence-corrected chi connectivity index (χ3v) is 5.67. The van der Waals surface area contributed by atoms with Crippen molar-refractivity contribution >= 4 is 17.3 Å². The second-order valence-electron chi connectivity index (χ2n) is 5.60. The second kappa shape index (κ2) is 4.03. The van der Waals surface area contributed by atoms with E-state index < -0.39 is 11.4 Å². The highest BCUT2D eigenvalue weighted by Gasteiger charge is 2.54. The highest BCUT2D eigenvalue weighted by atomic mass is 32.1. The largest absolute Gasteiger partial charge is 0.481 e. The van der Waals surface area contributed by atoms with Gasteiger partial charge in [-0.1, -0.05) is 0 Å². The van der Waals surface area contributed by atoms with Crippen LogP contribution in [0.15, 0.2) is 0 Å². The first-order valence-corrected chi connectivity index (χ1v) is 7.24. The zero-order valence-corrected chi connectivity index (χ0v) is 11.6. The molecule has 2 aliphatic rings. The normalized spacial score (nSPS) is 26.4. The zero-order chi connectivity index (χ0) is 12.9. The van der Waals surface area contributed by atoms with Crippen molar-refractivity contribution in [1.82, 2.24) is 9.88 Å². The fourth-order valence-electron chi connectivity index (χ4n) is 2.84. The summed E-state index contributed by atoms with van der Waals surface area (Å²) in [7, 11) is 2.13. The number of hydrogen-bond donors (Lipinski definition) is 1. The molecule has 98 valence electrons. The van der Waals surface area contributed by atoms with Crippen LogP contribution in [0.5, 0.6) is 0 Å². The highest BCUT2D eigenvalue weighted by Crippen LogP contribution is 2.52. The van der Waals surface area contributed by atoms with Crippen molar-refractivity contribution in [1.29, 1.82) is 0 Å². The third-order valence-electron chi connectivity index (χ3n) is 4.15. The fraction of sp³-hybridized carbons (Fsp3) is 0.692. The Morgan fingerprint density at radius 2 is 2.28 bits per heavy atom. The van der Waals surface area contributed by atoms with Gasteiger partial charge in [0.1, 0.15) is 5.41 Å². The lowest BCUT2D eigenvalue weighted by molar-refractivity contribution is -0.139. The summed E-state index contributed by atoms with van der Waals surface area (Å²) in [5.74, 6) is -0.179. The predicted molar refractivity (Wildman–Crippen MR) is 70.3 cm³/mol. The monoisotopic (exact) mass is 266 g/mol. The van der Waals surface area contributed by atoms with Gasteiger partial charge in [0, 0.05) is 17.3 Å². The predicted octanol–water partition coefficient (Wildman–Crippen LogP) is 1.99. The first-order valence-electron chi connectivity index (χ1n) is 6.43. The van der Waals surface area contributed by atoms with Gasteiger partial charge in [0.2, 0.25) is 0 Å². The minimum absolute atomic E-state index is 0.497. The summed E-state index contributed by atoms with van der Waals surface area (Å²) in [4.78, 5) is 19.3. The topological polar surface area (TPSA) is 53.4 Å². The molecule has 0 bridgehead atoms. The van der Waals surface area contributed by atoms with E-state index in [1.54, 1.807) is 11.3 Å². The van der Waals surface area contributed by atoms with Crippen LogP contribution in [0.3, 0.4) is 0 Å². The standard InChI is InChI=1S/C13H18N2O2S/c1-8-10(13(4-5-13)12(16)17)18-11(14-8)9-3-6-15(2)7-9/h9H,3-7H2,1-2H3,(H,16,17). The van der Waals surface area contributed by atoms with E-state index in [1.807, 2.05) is 6.92 Å². The number of aromatic nitrogens is 1. The molecule has 1 unspecified atom stereocenters. The molecule has 0 aromatic carbocycles. The van der Waals surface area contributed by atoms with Crippen LogP contribution in [-0.4, -0.2) is 41.1 Å². The van der Waals surface area contributed by atoms with Gasteiger partial charge in [-0.3, -0.25) is 4.79 Å². The van der Waals surface area contributed by atoms with E-state index >= 15 is 0 Å². The van der Waals surface area contributed by atoms with Gasteiger partial charge in [-0.15, -0.1) is 11.3 Å². The van der Waals surface area contributed by atoms with Crippen LogP contribution < -0.4 is 0 Å². The molecule has 4 nitrogen and oxygen atoms in total. The molecule has 2 heterocycles. The van der Waals surface area contributed by atoms with Gasteiger partial charge in [0.15, 0.2) is 0 Å². The van der Waals surface area contributed by atoms with Crippen LogP contribution in [0.2, 0.25) is 0 Å². The second-order valence-corrected chi connectivity index (χ2v) is 6.63. The number of likely N-dealkylation sites (N-methyl/N-ethyl adjacent to an activating group) is 1. The Kier molecular flexibility index (Phi) is 2.71. The van der Waals surface area contributed by atoms with E-state index in [2.05, 4.69) is 16.9 Å². The molecular formula is C13H18N2O2S. The van der Waals surface area contributed by atoms with E-state index in [9.17, 15) is 9.90 Å². The number of rotatable bonds is 3. The maximum atomic E-state index is 11.4. The van der Waals surface area contributed by atoms with Crippen molar-refractivity contribution in [2.75, 3.05) is 20.1 Å². The van der Waals surface area contributed by atoms with Crippen molar-refractivity contribution in [3.8, 4) is 0 Å². The molecular weight excluding hydrogens is 248 g/mol. The van der Waals surface area contributed by atoms with Crippen molar-refractivity contribution in [3.05, 3.63) is 15.6 Å². The number of carboxylic acids is 1. The van der Waals surface area contributed by atoms with E-state index in [0.717, 1.165) is 47.9 Å². The molecule has 1 saturated carbocycles. The lowest BCUT2D eigenvalue weighted by atomic mass is 10.0. The Bertz CT molecular complexity index is 493. The summed E-state index contributed by atoms with van der Waals surface area (Å²) in [6, 6.07) is 0. The van der Waals surface area contributed by atoms with Gasteiger partial charge in [-0.2, -0.15) is 0 Å². The molecule has 1 aromatic rings. The fourth-order valence-corrected chi connectivity index (χ4v) is 4.27. The number of aryl methyl sites for hydroxylation is 1. The molecule has 0 amide bonds. The Labute approximate surface area is 111 Å². The number of carbonyl (C=O) groups is 1.